The standard InChI is InChI=1S/C72H121NO8/c1-6-8-10-12-14-16-18-20-22-24-26-28-29-30-31-32-33-34-35-36-37-38-39-40-41-43-44-46-48-50-52-54-56-58-60-62-69(74)79-66-68(67-80-72(71(76)77)78-65-64-73(3,4)5)81-70(75)63-61-59-57-55-53-51-49-47-45-42-27-25-23-21-19-17-15-13-11-9-7-2/h8-11,14-17,20-23,26-28,42,47,49,53,55,68,72H,6-7,12-13,18-19,24-25,29-41,43-46,48,50-52,54,56-67H2,1-5H3/b10-8-,11-9-,16-14-,17-15-,22-20-,23-21-,28-26-,42-27-,49-47-,55-53-. The van der Waals surface area contributed by atoms with Crippen LogP contribution in [0.2, 0.25) is 0 Å². The van der Waals surface area contributed by atoms with Gasteiger partial charge in [0.2, 0.25) is 0 Å². The highest BCUT2D eigenvalue weighted by Gasteiger charge is 2.22. The van der Waals surface area contributed by atoms with E-state index in [-0.39, 0.29) is 38.6 Å². The molecule has 462 valence electrons. The average Bonchev–Trinajstić information content (AvgIpc) is 3.44. The molecule has 0 fully saturated rings. The maximum atomic E-state index is 12.9. The van der Waals surface area contributed by atoms with Crippen LogP contribution in [0.25, 0.3) is 0 Å². The van der Waals surface area contributed by atoms with Gasteiger partial charge in [-0.15, -0.1) is 0 Å². The van der Waals surface area contributed by atoms with E-state index in [1.54, 1.807) is 0 Å². The highest BCUT2D eigenvalue weighted by atomic mass is 16.7. The molecule has 0 N–H and O–H groups in total. The fraction of sp³-hybridized carbons (Fsp3) is 0.681. The molecule has 0 spiro atoms. The van der Waals surface area contributed by atoms with Gasteiger partial charge in [-0.1, -0.05) is 264 Å². The van der Waals surface area contributed by atoms with E-state index in [2.05, 4.69) is 135 Å². The van der Waals surface area contributed by atoms with Crippen LogP contribution in [0.3, 0.4) is 0 Å². The van der Waals surface area contributed by atoms with Gasteiger partial charge in [-0.25, -0.2) is 0 Å². The number of quaternary nitrogens is 1. The van der Waals surface area contributed by atoms with Crippen LogP contribution in [-0.4, -0.2) is 82.3 Å². The lowest BCUT2D eigenvalue weighted by molar-refractivity contribution is -0.870. The summed E-state index contributed by atoms with van der Waals surface area (Å²) in [5, 5.41) is 11.8. The van der Waals surface area contributed by atoms with Crippen LogP contribution in [0.5, 0.6) is 0 Å². The minimum Gasteiger partial charge on any atom is -0.545 e. The quantitative estimate of drug-likeness (QED) is 0.0195. The predicted molar refractivity (Wildman–Crippen MR) is 343 cm³/mol. The summed E-state index contributed by atoms with van der Waals surface area (Å²) in [5.74, 6) is -2.34. The highest BCUT2D eigenvalue weighted by molar-refractivity contribution is 5.70. The van der Waals surface area contributed by atoms with Crippen LogP contribution >= 0.6 is 0 Å². The van der Waals surface area contributed by atoms with Crippen LogP contribution in [0.1, 0.15) is 258 Å². The zero-order chi connectivity index (χ0) is 59.1. The second-order valence-electron chi connectivity index (χ2n) is 22.6. The van der Waals surface area contributed by atoms with E-state index in [1.165, 1.54) is 128 Å². The summed E-state index contributed by atoms with van der Waals surface area (Å²) in [7, 11) is 5.91. The first-order valence-corrected chi connectivity index (χ1v) is 32.7. The van der Waals surface area contributed by atoms with Gasteiger partial charge in [0.25, 0.3) is 0 Å². The van der Waals surface area contributed by atoms with Crippen LogP contribution in [0, 0.1) is 0 Å². The number of hydrogen-bond donors (Lipinski definition) is 0. The van der Waals surface area contributed by atoms with Crippen LogP contribution in [0.4, 0.5) is 0 Å². The number of rotatable bonds is 59. The number of carboxylic acid groups (broad SMARTS) is 1. The third-order valence-corrected chi connectivity index (χ3v) is 13.7. The molecule has 0 amide bonds. The molecule has 9 heteroatoms. The van der Waals surface area contributed by atoms with E-state index in [1.807, 2.05) is 21.1 Å². The SMILES string of the molecule is CC/C=C\C/C=C\C/C=C\C/C=C\C/C=C\C/C=C\CCCCC(=O)OC(COC(=O)CCCCCCCCCCCCCCCCCCCCCCCC/C=C\C/C=C\C/C=C\C/C=C\CC)COC(OCC[N+](C)(C)C)C(=O)[O-]. The number of carboxylic acids is 1. The van der Waals surface area contributed by atoms with Gasteiger partial charge in [0.15, 0.2) is 12.4 Å². The van der Waals surface area contributed by atoms with Gasteiger partial charge in [0, 0.05) is 12.8 Å². The smallest absolute Gasteiger partial charge is 0.306 e. The number of aliphatic carboxylic acids is 1. The normalized spacial score (nSPS) is 13.5. The van der Waals surface area contributed by atoms with E-state index in [4.69, 9.17) is 18.9 Å². The molecule has 2 unspecified atom stereocenters. The zero-order valence-electron chi connectivity index (χ0n) is 52.6. The Morgan fingerprint density at radius 3 is 1.01 bits per heavy atom. The lowest BCUT2D eigenvalue weighted by atomic mass is 10.0. The molecule has 9 nitrogen and oxygen atoms in total. The molecule has 0 aliphatic heterocycles. The summed E-state index contributed by atoms with van der Waals surface area (Å²) in [6, 6.07) is 0. The van der Waals surface area contributed by atoms with Crippen molar-refractivity contribution in [1.29, 1.82) is 0 Å². The first-order valence-electron chi connectivity index (χ1n) is 32.7. The van der Waals surface area contributed by atoms with Gasteiger partial charge < -0.3 is 33.3 Å². The number of hydrogen-bond acceptors (Lipinski definition) is 8. The van der Waals surface area contributed by atoms with Gasteiger partial charge in [-0.05, 0) is 103 Å². The largest absolute Gasteiger partial charge is 0.545 e. The molecule has 81 heavy (non-hydrogen) atoms. The summed E-state index contributed by atoms with van der Waals surface area (Å²) >= 11 is 0. The molecule has 0 radical (unpaired) electrons. The molecule has 0 heterocycles. The fourth-order valence-electron chi connectivity index (χ4n) is 8.77. The Morgan fingerprint density at radius 1 is 0.370 bits per heavy atom. The number of ether oxygens (including phenoxy) is 4. The number of likely N-dealkylation sites (N-methyl/N-ethyl adjacent to an activating group) is 1. The van der Waals surface area contributed by atoms with Crippen molar-refractivity contribution in [1.82, 2.24) is 0 Å². The van der Waals surface area contributed by atoms with E-state index in [0.29, 0.717) is 17.4 Å². The summed E-state index contributed by atoms with van der Waals surface area (Å²) in [4.78, 5) is 37.4. The molecule has 0 aromatic carbocycles. The maximum absolute atomic E-state index is 12.9. The minimum absolute atomic E-state index is 0.134. The molecule has 2 atom stereocenters. The number of unbranched alkanes of at least 4 members (excludes halogenated alkanes) is 24. The fourth-order valence-corrected chi connectivity index (χ4v) is 8.77. The molecule has 0 saturated heterocycles. The topological polar surface area (TPSA) is 111 Å². The Balaban J connectivity index is 4.13. The molecular formula is C72H121NO8. The lowest BCUT2D eigenvalue weighted by Gasteiger charge is -2.26. The molecule has 0 rings (SSSR count). The van der Waals surface area contributed by atoms with Crippen molar-refractivity contribution in [3.63, 3.8) is 0 Å². The maximum Gasteiger partial charge on any atom is 0.306 e. The Kier molecular flexibility index (Phi) is 58.5. The van der Waals surface area contributed by atoms with Crippen molar-refractivity contribution < 1.29 is 42.9 Å². The van der Waals surface area contributed by atoms with Crippen molar-refractivity contribution in [3.05, 3.63) is 122 Å². The van der Waals surface area contributed by atoms with Crippen molar-refractivity contribution in [3.8, 4) is 0 Å². The molecule has 0 aromatic rings. The Bertz CT molecular complexity index is 1740. The first-order chi connectivity index (χ1) is 39.6. The van der Waals surface area contributed by atoms with Gasteiger partial charge in [-0.3, -0.25) is 9.59 Å². The van der Waals surface area contributed by atoms with E-state index in [9.17, 15) is 19.5 Å². The van der Waals surface area contributed by atoms with Crippen LogP contribution < -0.4 is 5.11 Å². The first kappa shape index (κ1) is 76.7. The monoisotopic (exact) mass is 1130 g/mol. The third kappa shape index (κ3) is 63.1. The van der Waals surface area contributed by atoms with E-state index >= 15 is 0 Å². The lowest BCUT2D eigenvalue weighted by Crippen LogP contribution is -2.44. The van der Waals surface area contributed by atoms with Crippen LogP contribution in [0.15, 0.2) is 122 Å². The van der Waals surface area contributed by atoms with Crippen molar-refractivity contribution in [2.75, 3.05) is 47.5 Å². The molecule has 0 aliphatic rings. The summed E-state index contributed by atoms with van der Waals surface area (Å²) in [6.45, 7) is 4.47. The summed E-state index contributed by atoms with van der Waals surface area (Å²) < 4.78 is 22.7. The number of nitrogens with zero attached hydrogens (tertiary/aromatic N) is 1. The number of carbonyl (C=O) groups is 3. The number of allylic oxidation sites excluding steroid dienone is 20. The summed E-state index contributed by atoms with van der Waals surface area (Å²) in [5.41, 5.74) is 0. The third-order valence-electron chi connectivity index (χ3n) is 13.7. The van der Waals surface area contributed by atoms with Gasteiger partial charge >= 0.3 is 11.9 Å². The molecule has 0 saturated carbocycles. The van der Waals surface area contributed by atoms with Crippen molar-refractivity contribution in [2.45, 2.75) is 270 Å². The second kappa shape index (κ2) is 61.8. The predicted octanol–water partition coefficient (Wildman–Crippen LogP) is 18.7. The Hall–Kier alpha value is -4.31. The van der Waals surface area contributed by atoms with Crippen LogP contribution in [-0.2, 0) is 33.3 Å². The average molecular weight is 1130 g/mol. The number of esters is 2. The molecular weight excluding hydrogens is 1010 g/mol. The molecule has 0 aliphatic carbocycles. The van der Waals surface area contributed by atoms with Crippen molar-refractivity contribution >= 4 is 17.9 Å². The highest BCUT2D eigenvalue weighted by Crippen LogP contribution is 2.17. The molecule has 0 aromatic heterocycles. The zero-order valence-corrected chi connectivity index (χ0v) is 52.6. The second-order valence-corrected chi connectivity index (χ2v) is 22.6. The van der Waals surface area contributed by atoms with E-state index < -0.39 is 24.3 Å². The summed E-state index contributed by atoms with van der Waals surface area (Å²) in [6.07, 6.45) is 84.3. The Labute approximate surface area is 497 Å². The van der Waals surface area contributed by atoms with E-state index in [0.717, 1.165) is 96.3 Å². The molecule has 0 bridgehead atoms. The Morgan fingerprint density at radius 2 is 0.667 bits per heavy atom. The number of carbonyl (C=O) groups excluding carboxylic acids is 3. The van der Waals surface area contributed by atoms with Gasteiger partial charge in [0.05, 0.1) is 40.3 Å². The van der Waals surface area contributed by atoms with Gasteiger partial charge in [0.1, 0.15) is 13.2 Å². The van der Waals surface area contributed by atoms with Crippen molar-refractivity contribution in [2.24, 2.45) is 0 Å². The van der Waals surface area contributed by atoms with Gasteiger partial charge in [-0.2, -0.15) is 0 Å². The minimum atomic E-state index is -1.64.